The van der Waals surface area contributed by atoms with Crippen LogP contribution in [-0.4, -0.2) is 20.8 Å². The van der Waals surface area contributed by atoms with E-state index in [2.05, 4.69) is 0 Å². The topological polar surface area (TPSA) is 74.8 Å². The molecule has 6 rings (SSSR count). The maximum Gasteiger partial charge on any atom is 0.248 e. The van der Waals surface area contributed by atoms with Gasteiger partial charge in [-0.05, 0) is 60.2 Å². The SMILES string of the molecule is Oc1ccc(C2=NN(c3nc(-c4ccccc4)c4cc(Cl)ccc4n3)C(c3ccco3)C2)cc1. The highest BCUT2D eigenvalue weighted by molar-refractivity contribution is 6.31. The van der Waals surface area contributed by atoms with Gasteiger partial charge in [0.1, 0.15) is 17.6 Å². The van der Waals surface area contributed by atoms with E-state index >= 15 is 0 Å². The summed E-state index contributed by atoms with van der Waals surface area (Å²) in [6, 6.07) is 26.2. The molecule has 0 spiro atoms. The summed E-state index contributed by atoms with van der Waals surface area (Å²) in [5, 5.41) is 17.9. The molecule has 3 aromatic carbocycles. The number of phenolic OH excluding ortho intramolecular Hbond substituents is 1. The van der Waals surface area contributed by atoms with Crippen molar-refractivity contribution >= 4 is 34.2 Å². The Labute approximate surface area is 200 Å². The van der Waals surface area contributed by atoms with E-state index in [4.69, 9.17) is 31.1 Å². The van der Waals surface area contributed by atoms with Gasteiger partial charge < -0.3 is 9.52 Å². The predicted octanol–water partition coefficient (Wildman–Crippen LogP) is 6.60. The zero-order valence-electron chi connectivity index (χ0n) is 18.0. The van der Waals surface area contributed by atoms with Crippen molar-refractivity contribution in [2.24, 2.45) is 5.10 Å². The fourth-order valence-corrected chi connectivity index (χ4v) is 4.40. The highest BCUT2D eigenvalue weighted by Crippen LogP contribution is 2.38. The van der Waals surface area contributed by atoms with Gasteiger partial charge in [-0.2, -0.15) is 5.10 Å². The number of nitrogens with zero attached hydrogens (tertiary/aromatic N) is 4. The Hall–Kier alpha value is -4.16. The lowest BCUT2D eigenvalue weighted by Crippen LogP contribution is -2.20. The molecular formula is C27H19ClN4O2. The van der Waals surface area contributed by atoms with Crippen molar-refractivity contribution in [1.29, 1.82) is 0 Å². The predicted molar refractivity (Wildman–Crippen MR) is 133 cm³/mol. The fraction of sp³-hybridized carbons (Fsp3) is 0.0741. The van der Waals surface area contributed by atoms with Gasteiger partial charge in [-0.15, -0.1) is 0 Å². The Morgan fingerprint density at radius 3 is 2.47 bits per heavy atom. The molecule has 1 aliphatic rings. The van der Waals surface area contributed by atoms with Crippen molar-refractivity contribution < 1.29 is 9.52 Å². The van der Waals surface area contributed by atoms with Crippen LogP contribution in [0.15, 0.2) is 101 Å². The molecule has 6 nitrogen and oxygen atoms in total. The number of hydrogen-bond donors (Lipinski definition) is 1. The summed E-state index contributed by atoms with van der Waals surface area (Å²) in [6.07, 6.45) is 2.27. The number of phenols is 1. The maximum absolute atomic E-state index is 9.70. The number of rotatable bonds is 4. The quantitative estimate of drug-likeness (QED) is 0.323. The number of fused-ring (bicyclic) bond motifs is 1. The molecule has 7 heteroatoms. The highest BCUT2D eigenvalue weighted by atomic mass is 35.5. The van der Waals surface area contributed by atoms with Crippen LogP contribution in [0.1, 0.15) is 23.8 Å². The summed E-state index contributed by atoms with van der Waals surface area (Å²) in [5.41, 5.74) is 4.32. The average molecular weight is 467 g/mol. The van der Waals surface area contributed by atoms with E-state index in [1.807, 2.05) is 77.8 Å². The van der Waals surface area contributed by atoms with Crippen LogP contribution in [0, 0.1) is 0 Å². The van der Waals surface area contributed by atoms with Gasteiger partial charge in [0.25, 0.3) is 0 Å². The van der Waals surface area contributed by atoms with Gasteiger partial charge in [-0.3, -0.25) is 0 Å². The zero-order valence-corrected chi connectivity index (χ0v) is 18.7. The zero-order chi connectivity index (χ0) is 23.1. The van der Waals surface area contributed by atoms with Crippen LogP contribution < -0.4 is 5.01 Å². The second-order valence-corrected chi connectivity index (χ2v) is 8.51. The second kappa shape index (κ2) is 8.32. The molecule has 1 aliphatic heterocycles. The molecule has 2 aromatic heterocycles. The Morgan fingerprint density at radius 2 is 1.71 bits per heavy atom. The van der Waals surface area contributed by atoms with Gasteiger partial charge in [0.15, 0.2) is 0 Å². The van der Waals surface area contributed by atoms with Crippen molar-refractivity contribution in [3.05, 3.63) is 108 Å². The molecule has 0 amide bonds. The Balaban J connectivity index is 1.53. The van der Waals surface area contributed by atoms with Gasteiger partial charge in [-0.1, -0.05) is 41.9 Å². The van der Waals surface area contributed by atoms with Gasteiger partial charge in [0.2, 0.25) is 5.95 Å². The number of aromatic hydroxyl groups is 1. The molecule has 0 fully saturated rings. The van der Waals surface area contributed by atoms with Gasteiger partial charge in [-0.25, -0.2) is 15.0 Å². The largest absolute Gasteiger partial charge is 0.508 e. The Morgan fingerprint density at radius 1 is 0.882 bits per heavy atom. The number of anilines is 1. The van der Waals surface area contributed by atoms with E-state index in [1.165, 1.54) is 0 Å². The fourth-order valence-electron chi connectivity index (χ4n) is 4.23. The lowest BCUT2D eigenvalue weighted by molar-refractivity contribution is 0.462. The summed E-state index contributed by atoms with van der Waals surface area (Å²) in [7, 11) is 0. The first-order valence-electron chi connectivity index (χ1n) is 10.9. The van der Waals surface area contributed by atoms with E-state index in [1.54, 1.807) is 18.4 Å². The van der Waals surface area contributed by atoms with Crippen LogP contribution in [0.25, 0.3) is 22.2 Å². The molecule has 1 unspecified atom stereocenters. The normalized spacial score (nSPS) is 15.6. The molecule has 0 saturated carbocycles. The third-order valence-electron chi connectivity index (χ3n) is 5.88. The van der Waals surface area contributed by atoms with E-state index in [0.717, 1.165) is 39.2 Å². The Kier molecular flexibility index (Phi) is 5.00. The minimum atomic E-state index is -0.202. The van der Waals surface area contributed by atoms with E-state index in [0.29, 0.717) is 17.4 Å². The summed E-state index contributed by atoms with van der Waals surface area (Å²) in [4.78, 5) is 9.82. The van der Waals surface area contributed by atoms with Crippen LogP contribution in [0.4, 0.5) is 5.95 Å². The number of hydrazone groups is 1. The van der Waals surface area contributed by atoms with E-state index in [-0.39, 0.29) is 11.8 Å². The van der Waals surface area contributed by atoms with Crippen LogP contribution in [0.5, 0.6) is 5.75 Å². The van der Waals surface area contributed by atoms with Gasteiger partial charge in [0.05, 0.1) is 23.2 Å². The average Bonchev–Trinajstić information content (AvgIpc) is 3.55. The number of halogens is 1. The lowest BCUT2D eigenvalue weighted by atomic mass is 10.0. The van der Waals surface area contributed by atoms with E-state index < -0.39 is 0 Å². The first-order valence-corrected chi connectivity index (χ1v) is 11.3. The third-order valence-corrected chi connectivity index (χ3v) is 6.12. The van der Waals surface area contributed by atoms with Crippen molar-refractivity contribution in [1.82, 2.24) is 9.97 Å². The number of aromatic nitrogens is 2. The maximum atomic E-state index is 9.70. The first-order chi connectivity index (χ1) is 16.7. The van der Waals surface area contributed by atoms with Crippen molar-refractivity contribution in [3.8, 4) is 17.0 Å². The molecule has 1 atom stereocenters. The molecule has 0 radical (unpaired) electrons. The molecule has 0 saturated heterocycles. The number of hydrogen-bond acceptors (Lipinski definition) is 6. The summed E-state index contributed by atoms with van der Waals surface area (Å²) < 4.78 is 5.76. The van der Waals surface area contributed by atoms with Crippen molar-refractivity contribution in [2.45, 2.75) is 12.5 Å². The first kappa shape index (κ1) is 20.4. The van der Waals surface area contributed by atoms with Gasteiger partial charge in [0, 0.05) is 22.4 Å². The molecule has 34 heavy (non-hydrogen) atoms. The standard InChI is InChI=1S/C27H19ClN4O2/c28-19-10-13-22-21(15-19)26(18-5-2-1-3-6-18)30-27(29-22)32-24(25-7-4-14-34-25)16-23(31-32)17-8-11-20(33)12-9-17/h1-15,24,33H,16H2. The molecule has 3 heterocycles. The monoisotopic (exact) mass is 466 g/mol. The van der Waals surface area contributed by atoms with Crippen LogP contribution >= 0.6 is 11.6 Å². The minimum Gasteiger partial charge on any atom is -0.508 e. The molecule has 166 valence electrons. The third kappa shape index (κ3) is 3.68. The molecule has 0 bridgehead atoms. The van der Waals surface area contributed by atoms with Crippen LogP contribution in [0.3, 0.4) is 0 Å². The van der Waals surface area contributed by atoms with E-state index in [9.17, 15) is 5.11 Å². The second-order valence-electron chi connectivity index (χ2n) is 8.07. The van der Waals surface area contributed by atoms with Crippen LogP contribution in [-0.2, 0) is 0 Å². The van der Waals surface area contributed by atoms with Gasteiger partial charge >= 0.3 is 0 Å². The number of furan rings is 1. The molecule has 0 aliphatic carbocycles. The Bertz CT molecular complexity index is 1500. The molecule has 1 N–H and O–H groups in total. The molecule has 5 aromatic rings. The minimum absolute atomic E-state index is 0.202. The number of benzene rings is 3. The van der Waals surface area contributed by atoms with Crippen molar-refractivity contribution in [2.75, 3.05) is 5.01 Å². The van der Waals surface area contributed by atoms with Crippen molar-refractivity contribution in [3.63, 3.8) is 0 Å². The molecular weight excluding hydrogens is 448 g/mol. The summed E-state index contributed by atoms with van der Waals surface area (Å²) in [5.74, 6) is 1.47. The summed E-state index contributed by atoms with van der Waals surface area (Å²) in [6.45, 7) is 0. The highest BCUT2D eigenvalue weighted by Gasteiger charge is 2.34. The summed E-state index contributed by atoms with van der Waals surface area (Å²) >= 11 is 6.32. The smallest absolute Gasteiger partial charge is 0.248 e. The lowest BCUT2D eigenvalue weighted by Gasteiger charge is -2.21. The van der Waals surface area contributed by atoms with Crippen LogP contribution in [0.2, 0.25) is 5.02 Å².